The third kappa shape index (κ3) is 5.29. The maximum atomic E-state index is 13.7. The summed E-state index contributed by atoms with van der Waals surface area (Å²) in [5.41, 5.74) is 11.3. The van der Waals surface area contributed by atoms with Crippen molar-refractivity contribution in [2.24, 2.45) is 11.7 Å². The number of nitrogens with two attached hydrogens (primary N) is 1. The summed E-state index contributed by atoms with van der Waals surface area (Å²) < 4.78 is 18.5. The number of pyridine rings is 1. The molecule has 2 atom stereocenters. The molecule has 5 nitrogen and oxygen atoms in total. The molecule has 0 bridgehead atoms. The first-order valence-electron chi connectivity index (χ1n) is 12.4. The van der Waals surface area contributed by atoms with Crippen LogP contribution in [0.3, 0.4) is 0 Å². The average molecular weight is 474 g/mol. The van der Waals surface area contributed by atoms with Gasteiger partial charge in [-0.1, -0.05) is 49.2 Å². The van der Waals surface area contributed by atoms with E-state index in [4.69, 9.17) is 10.5 Å². The standard InChI is InChI=1S/C29H32FN3O2/c1-35-18-20-4-6-21(7-5-20)22-8-11-24(12-9-22)33(19-29(31)14-2-3-15-29)28(34)26-16-25(26)27-13-10-23(30)17-32-27/h4-13,17,25-26H,2-3,14-16,18-19,31H2,1H3/t25-,26-/m0/s1. The topological polar surface area (TPSA) is 68.5 Å². The number of methoxy groups -OCH3 is 1. The molecule has 0 saturated heterocycles. The molecule has 2 aliphatic carbocycles. The first kappa shape index (κ1) is 23.6. The van der Waals surface area contributed by atoms with E-state index < -0.39 is 0 Å². The van der Waals surface area contributed by atoms with Crippen molar-refractivity contribution in [1.82, 2.24) is 4.98 Å². The van der Waals surface area contributed by atoms with Crippen LogP contribution in [0.15, 0.2) is 66.9 Å². The first-order valence-corrected chi connectivity index (χ1v) is 12.4. The second kappa shape index (κ2) is 9.88. The second-order valence-electron chi connectivity index (χ2n) is 10.0. The number of hydrogen-bond donors (Lipinski definition) is 1. The summed E-state index contributed by atoms with van der Waals surface area (Å²) in [6.07, 6.45) is 6.01. The molecule has 1 heterocycles. The van der Waals surface area contributed by atoms with E-state index in [1.807, 2.05) is 17.0 Å². The predicted molar refractivity (Wildman–Crippen MR) is 135 cm³/mol. The van der Waals surface area contributed by atoms with E-state index in [1.54, 1.807) is 13.2 Å². The van der Waals surface area contributed by atoms with Gasteiger partial charge in [0, 0.05) is 42.4 Å². The van der Waals surface area contributed by atoms with Gasteiger partial charge < -0.3 is 15.4 Å². The Labute approximate surface area is 206 Å². The van der Waals surface area contributed by atoms with E-state index in [0.29, 0.717) is 13.2 Å². The van der Waals surface area contributed by atoms with Crippen molar-refractivity contribution in [3.05, 3.63) is 83.9 Å². The van der Waals surface area contributed by atoms with Gasteiger partial charge in [-0.3, -0.25) is 9.78 Å². The Bertz CT molecular complexity index is 1160. The SMILES string of the molecule is COCc1ccc(-c2ccc(N(CC3(N)CCCC3)C(=O)[C@H]3C[C@@H]3c3ccc(F)cn3)cc2)cc1. The Kier molecular flexibility index (Phi) is 6.67. The van der Waals surface area contributed by atoms with Crippen LogP contribution in [-0.2, 0) is 16.1 Å². The van der Waals surface area contributed by atoms with Crippen LogP contribution in [-0.4, -0.2) is 30.1 Å². The van der Waals surface area contributed by atoms with E-state index in [9.17, 15) is 9.18 Å². The summed E-state index contributed by atoms with van der Waals surface area (Å²) in [7, 11) is 1.69. The Morgan fingerprint density at radius 3 is 2.31 bits per heavy atom. The van der Waals surface area contributed by atoms with E-state index in [2.05, 4.69) is 41.4 Å². The number of anilines is 1. The minimum absolute atomic E-state index is 0.0350. The third-order valence-corrected chi connectivity index (χ3v) is 7.35. The van der Waals surface area contributed by atoms with Crippen molar-refractivity contribution in [3.8, 4) is 11.1 Å². The van der Waals surface area contributed by atoms with Gasteiger partial charge in [0.2, 0.25) is 5.91 Å². The maximum absolute atomic E-state index is 13.7. The van der Waals surface area contributed by atoms with Crippen molar-refractivity contribution in [2.75, 3.05) is 18.6 Å². The molecular weight excluding hydrogens is 441 g/mol. The van der Waals surface area contributed by atoms with Gasteiger partial charge in [-0.2, -0.15) is 0 Å². The molecule has 182 valence electrons. The first-order chi connectivity index (χ1) is 17.0. The number of benzene rings is 2. The molecule has 0 radical (unpaired) electrons. The molecule has 2 aliphatic rings. The second-order valence-corrected chi connectivity index (χ2v) is 10.0. The van der Waals surface area contributed by atoms with Gasteiger partial charge in [0.15, 0.2) is 0 Å². The van der Waals surface area contributed by atoms with Gasteiger partial charge in [-0.15, -0.1) is 0 Å². The van der Waals surface area contributed by atoms with Gasteiger partial charge in [0.05, 0.1) is 12.8 Å². The molecule has 6 heteroatoms. The summed E-state index contributed by atoms with van der Waals surface area (Å²) in [5.74, 6) is -0.396. The van der Waals surface area contributed by atoms with Gasteiger partial charge in [0.25, 0.3) is 0 Å². The molecular formula is C29H32FN3O2. The number of halogens is 1. The molecule has 1 aromatic heterocycles. The van der Waals surface area contributed by atoms with Crippen molar-refractivity contribution in [1.29, 1.82) is 0 Å². The zero-order valence-electron chi connectivity index (χ0n) is 20.1. The molecule has 0 unspecified atom stereocenters. The summed E-state index contributed by atoms with van der Waals surface area (Å²) in [5, 5.41) is 0. The summed E-state index contributed by atoms with van der Waals surface area (Å²) in [6.45, 7) is 1.10. The maximum Gasteiger partial charge on any atom is 0.230 e. The van der Waals surface area contributed by atoms with Crippen LogP contribution < -0.4 is 10.6 Å². The van der Waals surface area contributed by atoms with E-state index in [0.717, 1.165) is 60.2 Å². The third-order valence-electron chi connectivity index (χ3n) is 7.35. The zero-order chi connectivity index (χ0) is 24.4. The lowest BCUT2D eigenvalue weighted by Crippen LogP contribution is -2.50. The molecule has 35 heavy (non-hydrogen) atoms. The zero-order valence-corrected chi connectivity index (χ0v) is 20.1. The largest absolute Gasteiger partial charge is 0.380 e. The highest BCUT2D eigenvalue weighted by Gasteiger charge is 2.48. The fraction of sp³-hybridized carbons (Fsp3) is 0.379. The van der Waals surface area contributed by atoms with Crippen LogP contribution in [0, 0.1) is 11.7 Å². The molecule has 1 amide bonds. The fourth-order valence-corrected chi connectivity index (χ4v) is 5.24. The number of aromatic nitrogens is 1. The van der Waals surface area contributed by atoms with Gasteiger partial charge in [-0.05, 0) is 60.2 Å². The number of rotatable bonds is 8. The fourth-order valence-electron chi connectivity index (χ4n) is 5.24. The molecule has 0 spiro atoms. The van der Waals surface area contributed by atoms with Crippen LogP contribution >= 0.6 is 0 Å². The van der Waals surface area contributed by atoms with E-state index in [-0.39, 0.29) is 29.1 Å². The summed E-state index contributed by atoms with van der Waals surface area (Å²) in [4.78, 5) is 19.8. The average Bonchev–Trinajstić information content (AvgIpc) is 3.56. The van der Waals surface area contributed by atoms with Crippen LogP contribution in [0.2, 0.25) is 0 Å². The summed E-state index contributed by atoms with van der Waals surface area (Å²) in [6, 6.07) is 19.6. The van der Waals surface area contributed by atoms with Crippen molar-refractivity contribution in [2.45, 2.75) is 50.2 Å². The molecule has 2 saturated carbocycles. The quantitative estimate of drug-likeness (QED) is 0.473. The van der Waals surface area contributed by atoms with Crippen molar-refractivity contribution >= 4 is 11.6 Å². The molecule has 2 aromatic carbocycles. The number of hydrogen-bond acceptors (Lipinski definition) is 4. The monoisotopic (exact) mass is 473 g/mol. The highest BCUT2D eigenvalue weighted by atomic mass is 19.1. The van der Waals surface area contributed by atoms with E-state index in [1.165, 1.54) is 12.3 Å². The minimum Gasteiger partial charge on any atom is -0.380 e. The number of ether oxygens (including phenoxy) is 1. The van der Waals surface area contributed by atoms with Crippen LogP contribution in [0.4, 0.5) is 10.1 Å². The normalized spacial score (nSPS) is 20.5. The molecule has 0 aliphatic heterocycles. The number of carbonyl (C=O) groups is 1. The Hall–Kier alpha value is -3.09. The predicted octanol–water partition coefficient (Wildman–Crippen LogP) is 5.44. The highest BCUT2D eigenvalue weighted by molar-refractivity contribution is 5.98. The minimum atomic E-state index is -0.362. The number of nitrogens with zero attached hydrogens (tertiary/aromatic N) is 2. The molecule has 2 N–H and O–H groups in total. The lowest BCUT2D eigenvalue weighted by Gasteiger charge is -2.33. The van der Waals surface area contributed by atoms with Gasteiger partial charge in [0.1, 0.15) is 5.82 Å². The summed E-state index contributed by atoms with van der Waals surface area (Å²) >= 11 is 0. The van der Waals surface area contributed by atoms with Crippen LogP contribution in [0.5, 0.6) is 0 Å². The number of amides is 1. The van der Waals surface area contributed by atoms with Gasteiger partial charge >= 0.3 is 0 Å². The smallest absolute Gasteiger partial charge is 0.230 e. The molecule has 5 rings (SSSR count). The van der Waals surface area contributed by atoms with Crippen LogP contribution in [0.25, 0.3) is 11.1 Å². The van der Waals surface area contributed by atoms with E-state index >= 15 is 0 Å². The van der Waals surface area contributed by atoms with Crippen LogP contribution in [0.1, 0.15) is 49.3 Å². The Balaban J connectivity index is 1.37. The number of carbonyl (C=O) groups excluding carboxylic acids is 1. The Morgan fingerprint density at radius 1 is 1.06 bits per heavy atom. The molecule has 3 aromatic rings. The van der Waals surface area contributed by atoms with Crippen molar-refractivity contribution in [3.63, 3.8) is 0 Å². The van der Waals surface area contributed by atoms with Gasteiger partial charge in [-0.25, -0.2) is 4.39 Å². The lowest BCUT2D eigenvalue weighted by molar-refractivity contribution is -0.120. The molecule has 2 fully saturated rings. The van der Waals surface area contributed by atoms with Crippen molar-refractivity contribution < 1.29 is 13.9 Å². The lowest BCUT2D eigenvalue weighted by atomic mass is 9.97. The Morgan fingerprint density at radius 2 is 1.71 bits per heavy atom. The highest BCUT2D eigenvalue weighted by Crippen LogP contribution is 2.48.